The highest BCUT2D eigenvalue weighted by atomic mass is 19.1. The lowest BCUT2D eigenvalue weighted by molar-refractivity contribution is 0.0982. The summed E-state index contributed by atoms with van der Waals surface area (Å²) in [6.07, 6.45) is 3.37. The number of fused-ring (bicyclic) bond motifs is 1. The molecule has 0 radical (unpaired) electrons. The first kappa shape index (κ1) is 18.7. The van der Waals surface area contributed by atoms with E-state index in [0.717, 1.165) is 0 Å². The second kappa shape index (κ2) is 8.18. The molecule has 146 valence electrons. The first-order valence-electron chi connectivity index (χ1n) is 9.07. The molecule has 2 heterocycles. The lowest BCUT2D eigenvalue weighted by atomic mass is 10.0. The topological polar surface area (TPSA) is 56.5 Å². The minimum Gasteiger partial charge on any atom is -0.489 e. The van der Waals surface area contributed by atoms with Gasteiger partial charge in [0.1, 0.15) is 30.3 Å². The number of hydrogen-bond donors (Lipinski definition) is 0. The molecule has 0 saturated heterocycles. The monoisotopic (exact) mass is 393 g/mol. The van der Waals surface area contributed by atoms with Crippen LogP contribution in [0.2, 0.25) is 0 Å². The van der Waals surface area contributed by atoms with Gasteiger partial charge in [-0.1, -0.05) is 18.2 Å². The molecule has 2 aromatic heterocycles. The van der Waals surface area contributed by atoms with Crippen molar-refractivity contribution in [2.45, 2.75) is 19.4 Å². The Morgan fingerprint density at radius 2 is 1.83 bits per heavy atom. The minimum atomic E-state index is -0.414. The number of aromatic nitrogens is 3. The lowest BCUT2D eigenvalue weighted by Gasteiger charge is -2.10. The second-order valence-corrected chi connectivity index (χ2v) is 6.54. The number of halogens is 2. The van der Waals surface area contributed by atoms with E-state index < -0.39 is 5.82 Å². The third-order valence-corrected chi connectivity index (χ3v) is 4.59. The maximum Gasteiger partial charge on any atom is 0.164 e. The summed E-state index contributed by atoms with van der Waals surface area (Å²) in [7, 11) is 0. The number of carbonyl (C=O) groups is 1. The van der Waals surface area contributed by atoms with Crippen LogP contribution in [0.1, 0.15) is 27.9 Å². The standard InChI is InChI=1S/C22H17F2N3O2/c23-19-4-2-1-3-17(19)13-29-18-7-8-20(24)15(11-18)5-9-21(28)16-6-10-22-25-14-26-27(22)12-16/h1-4,6-8,10-12,14H,5,9,13H2. The largest absolute Gasteiger partial charge is 0.489 e. The van der Waals surface area contributed by atoms with Crippen molar-refractivity contribution in [3.05, 3.63) is 95.4 Å². The SMILES string of the molecule is O=C(CCc1cc(OCc2ccccc2F)ccc1F)c1ccc2ncnn2c1. The third-order valence-electron chi connectivity index (χ3n) is 4.59. The van der Waals surface area contributed by atoms with Crippen molar-refractivity contribution in [3.8, 4) is 5.75 Å². The summed E-state index contributed by atoms with van der Waals surface area (Å²) in [5.74, 6) is -0.479. The first-order valence-corrected chi connectivity index (χ1v) is 9.07. The van der Waals surface area contributed by atoms with Gasteiger partial charge in [-0.2, -0.15) is 5.10 Å². The molecule has 0 aliphatic carbocycles. The molecule has 7 heteroatoms. The van der Waals surface area contributed by atoms with Crippen molar-refractivity contribution in [1.82, 2.24) is 14.6 Å². The fourth-order valence-corrected chi connectivity index (χ4v) is 2.98. The average Bonchev–Trinajstić information content (AvgIpc) is 3.21. The third kappa shape index (κ3) is 4.29. The van der Waals surface area contributed by atoms with Crippen LogP contribution < -0.4 is 4.74 Å². The number of aryl methyl sites for hydroxylation is 1. The summed E-state index contributed by atoms with van der Waals surface area (Å²) < 4.78 is 35.0. The molecule has 2 aromatic carbocycles. The molecular formula is C22H17F2N3O2. The first-order chi connectivity index (χ1) is 14.1. The number of Topliss-reactive ketones (excluding diaryl/α,β-unsaturated/α-hetero) is 1. The van der Waals surface area contributed by atoms with E-state index in [1.807, 2.05) is 0 Å². The van der Waals surface area contributed by atoms with E-state index >= 15 is 0 Å². The zero-order valence-electron chi connectivity index (χ0n) is 15.4. The number of nitrogens with zero attached hydrogens (tertiary/aromatic N) is 3. The smallest absolute Gasteiger partial charge is 0.164 e. The van der Waals surface area contributed by atoms with Gasteiger partial charge in [-0.25, -0.2) is 18.3 Å². The summed E-state index contributed by atoms with van der Waals surface area (Å²) >= 11 is 0. The van der Waals surface area contributed by atoms with E-state index in [1.165, 1.54) is 29.0 Å². The van der Waals surface area contributed by atoms with Crippen molar-refractivity contribution >= 4 is 11.4 Å². The van der Waals surface area contributed by atoms with Crippen molar-refractivity contribution < 1.29 is 18.3 Å². The summed E-state index contributed by atoms with van der Waals surface area (Å²) in [5, 5.41) is 4.01. The van der Waals surface area contributed by atoms with Gasteiger partial charge in [0.05, 0.1) is 0 Å². The molecule has 0 bridgehead atoms. The number of carbonyl (C=O) groups excluding carboxylic acids is 1. The molecule has 4 rings (SSSR count). The van der Waals surface area contributed by atoms with Crippen molar-refractivity contribution in [1.29, 1.82) is 0 Å². The normalized spacial score (nSPS) is 11.0. The zero-order valence-corrected chi connectivity index (χ0v) is 15.4. The lowest BCUT2D eigenvalue weighted by Crippen LogP contribution is -2.05. The molecule has 0 aliphatic rings. The molecule has 0 aliphatic heterocycles. The molecule has 0 unspecified atom stereocenters. The number of ketones is 1. The predicted octanol–water partition coefficient (Wildman–Crippen LogP) is 4.40. The fraction of sp³-hybridized carbons (Fsp3) is 0.136. The van der Waals surface area contributed by atoms with Gasteiger partial charge in [0.15, 0.2) is 11.4 Å². The van der Waals surface area contributed by atoms with Crippen molar-refractivity contribution in [3.63, 3.8) is 0 Å². The molecule has 5 nitrogen and oxygen atoms in total. The van der Waals surface area contributed by atoms with Gasteiger partial charge in [0.2, 0.25) is 0 Å². The Bertz CT molecular complexity index is 1170. The molecule has 0 fully saturated rings. The molecule has 0 atom stereocenters. The van der Waals surface area contributed by atoms with E-state index in [-0.39, 0.29) is 31.0 Å². The molecule has 0 spiro atoms. The minimum absolute atomic E-state index is 0.0363. The number of pyridine rings is 1. The van der Waals surface area contributed by atoms with Gasteiger partial charge >= 0.3 is 0 Å². The maximum atomic E-state index is 14.2. The number of hydrogen-bond acceptors (Lipinski definition) is 4. The summed E-state index contributed by atoms with van der Waals surface area (Å²) in [5.41, 5.74) is 1.91. The Balaban J connectivity index is 1.42. The van der Waals surface area contributed by atoms with Crippen LogP contribution in [0, 0.1) is 11.6 Å². The van der Waals surface area contributed by atoms with Crippen molar-refractivity contribution in [2.75, 3.05) is 0 Å². The van der Waals surface area contributed by atoms with Crippen LogP contribution in [0.3, 0.4) is 0 Å². The van der Waals surface area contributed by atoms with E-state index in [9.17, 15) is 13.6 Å². The highest BCUT2D eigenvalue weighted by Crippen LogP contribution is 2.21. The number of ether oxygens (including phenoxy) is 1. The molecule has 0 N–H and O–H groups in total. The van der Waals surface area contributed by atoms with Crippen LogP contribution in [-0.2, 0) is 13.0 Å². The average molecular weight is 393 g/mol. The van der Waals surface area contributed by atoms with Gasteiger partial charge in [-0.05, 0) is 48.4 Å². The molecular weight excluding hydrogens is 376 g/mol. The van der Waals surface area contributed by atoms with E-state index in [0.29, 0.717) is 28.1 Å². The maximum absolute atomic E-state index is 14.2. The van der Waals surface area contributed by atoms with Gasteiger partial charge in [-0.3, -0.25) is 4.79 Å². The Kier molecular flexibility index (Phi) is 5.29. The number of benzene rings is 2. The van der Waals surface area contributed by atoms with Crippen LogP contribution in [0.15, 0.2) is 67.1 Å². The fourth-order valence-electron chi connectivity index (χ4n) is 2.98. The Morgan fingerprint density at radius 3 is 2.69 bits per heavy atom. The Hall–Kier alpha value is -3.61. The summed E-state index contributed by atoms with van der Waals surface area (Å²) in [6, 6.07) is 14.0. The van der Waals surface area contributed by atoms with Gasteiger partial charge in [-0.15, -0.1) is 0 Å². The molecule has 29 heavy (non-hydrogen) atoms. The summed E-state index contributed by atoms with van der Waals surface area (Å²) in [4.78, 5) is 16.5. The quantitative estimate of drug-likeness (QED) is 0.437. The highest BCUT2D eigenvalue weighted by molar-refractivity contribution is 5.96. The molecule has 4 aromatic rings. The van der Waals surface area contributed by atoms with Crippen LogP contribution >= 0.6 is 0 Å². The second-order valence-electron chi connectivity index (χ2n) is 6.54. The molecule has 0 saturated carbocycles. The highest BCUT2D eigenvalue weighted by Gasteiger charge is 2.11. The predicted molar refractivity (Wildman–Crippen MR) is 103 cm³/mol. The van der Waals surface area contributed by atoms with Gasteiger partial charge in [0, 0.05) is 23.7 Å². The zero-order chi connectivity index (χ0) is 20.2. The van der Waals surface area contributed by atoms with Gasteiger partial charge in [0.25, 0.3) is 0 Å². The summed E-state index contributed by atoms with van der Waals surface area (Å²) in [6.45, 7) is 0.0363. The van der Waals surface area contributed by atoms with E-state index in [1.54, 1.807) is 42.6 Å². The van der Waals surface area contributed by atoms with E-state index in [4.69, 9.17) is 4.74 Å². The van der Waals surface area contributed by atoms with Crippen molar-refractivity contribution in [2.24, 2.45) is 0 Å². The van der Waals surface area contributed by atoms with Crippen LogP contribution in [0.25, 0.3) is 5.65 Å². The van der Waals surface area contributed by atoms with Crippen LogP contribution in [0.4, 0.5) is 8.78 Å². The molecule has 0 amide bonds. The van der Waals surface area contributed by atoms with Crippen LogP contribution in [-0.4, -0.2) is 20.4 Å². The van der Waals surface area contributed by atoms with Crippen LogP contribution in [0.5, 0.6) is 5.75 Å². The number of rotatable bonds is 7. The van der Waals surface area contributed by atoms with E-state index in [2.05, 4.69) is 10.1 Å². The Labute approximate surface area is 165 Å². The Morgan fingerprint density at radius 1 is 1.00 bits per heavy atom. The van der Waals surface area contributed by atoms with Gasteiger partial charge < -0.3 is 4.74 Å².